The third-order valence-corrected chi connectivity index (χ3v) is 5.44. The molecule has 8 nitrogen and oxygen atoms in total. The highest BCUT2D eigenvalue weighted by Crippen LogP contribution is 2.36. The number of fused-ring (bicyclic) bond motifs is 1. The van der Waals surface area contributed by atoms with E-state index in [4.69, 9.17) is 28.1 Å². The molecule has 0 aliphatic carbocycles. The Kier molecular flexibility index (Phi) is 5.86. The first-order valence-corrected chi connectivity index (χ1v) is 10.7. The molecule has 0 amide bonds. The number of amidine groups is 1. The maximum absolute atomic E-state index is 6.41. The fourth-order valence-electron chi connectivity index (χ4n) is 3.82. The molecule has 2 aromatic carbocycles. The lowest BCUT2D eigenvalue weighted by Gasteiger charge is -2.25. The number of anilines is 1. The Morgan fingerprint density at radius 2 is 1.79 bits per heavy atom. The molecule has 0 radical (unpaired) electrons. The predicted octanol–water partition coefficient (Wildman–Crippen LogP) is 4.51. The minimum Gasteiger partial charge on any atom is -0.390 e. The molecule has 2 heterocycles. The van der Waals surface area contributed by atoms with Gasteiger partial charge in [-0.1, -0.05) is 17.7 Å². The van der Waals surface area contributed by atoms with Crippen LogP contribution in [-0.2, 0) is 5.54 Å². The first kappa shape index (κ1) is 22.4. The molecule has 4 aromatic rings. The lowest BCUT2D eigenvalue weighted by Crippen LogP contribution is -2.23. The molecular weight excluding hydrogens is 436 g/mol. The predicted molar refractivity (Wildman–Crippen MR) is 136 cm³/mol. The van der Waals surface area contributed by atoms with Gasteiger partial charge in [-0.05, 0) is 56.7 Å². The van der Waals surface area contributed by atoms with Crippen molar-refractivity contribution in [2.45, 2.75) is 26.3 Å². The van der Waals surface area contributed by atoms with Gasteiger partial charge in [-0.3, -0.25) is 4.99 Å². The summed E-state index contributed by atoms with van der Waals surface area (Å²) in [6, 6.07) is 11.7. The number of nitrogen functional groups attached to an aromatic ring is 1. The fourth-order valence-corrected chi connectivity index (χ4v) is 3.99. The van der Waals surface area contributed by atoms with Crippen LogP contribution < -0.4 is 11.5 Å². The molecule has 0 aliphatic heterocycles. The minimum atomic E-state index is -0.268. The van der Waals surface area contributed by atoms with E-state index < -0.39 is 0 Å². The fraction of sp³-hybridized carbons (Fsp3) is 0.208. The Hall–Kier alpha value is -3.78. The van der Waals surface area contributed by atoms with E-state index in [1.165, 1.54) is 6.34 Å². The number of imidazole rings is 1. The summed E-state index contributed by atoms with van der Waals surface area (Å²) in [5.74, 6) is 1.49. The molecule has 4 N–H and O–H groups in total. The van der Waals surface area contributed by atoms with Crippen LogP contribution in [0.25, 0.3) is 33.5 Å². The summed E-state index contributed by atoms with van der Waals surface area (Å²) < 4.78 is 2.19. The summed E-state index contributed by atoms with van der Waals surface area (Å²) in [6.07, 6.45) is 4.64. The summed E-state index contributed by atoms with van der Waals surface area (Å²) >= 11 is 6.41. The zero-order valence-electron chi connectivity index (χ0n) is 18.9. The molecule has 4 rings (SSSR count). The first-order chi connectivity index (χ1) is 15.7. The number of aliphatic imine (C=N–C) groups is 2. The number of hydrogen-bond acceptors (Lipinski definition) is 5. The summed E-state index contributed by atoms with van der Waals surface area (Å²) in [5.41, 5.74) is 16.2. The second-order valence-corrected chi connectivity index (χ2v) is 8.93. The zero-order chi connectivity index (χ0) is 23.8. The van der Waals surface area contributed by atoms with Crippen LogP contribution in [-0.4, -0.2) is 38.7 Å². The van der Waals surface area contributed by atoms with Crippen molar-refractivity contribution < 1.29 is 0 Å². The van der Waals surface area contributed by atoms with Gasteiger partial charge in [0, 0.05) is 46.7 Å². The van der Waals surface area contributed by atoms with Crippen molar-refractivity contribution in [2.75, 3.05) is 12.8 Å². The van der Waals surface area contributed by atoms with Crippen molar-refractivity contribution in [2.24, 2.45) is 15.7 Å². The summed E-state index contributed by atoms with van der Waals surface area (Å²) in [6.45, 7) is 6.41. The zero-order valence-corrected chi connectivity index (χ0v) is 19.7. The van der Waals surface area contributed by atoms with Gasteiger partial charge in [0.15, 0.2) is 5.84 Å². The smallest absolute Gasteiger partial charge is 0.219 e. The lowest BCUT2D eigenvalue weighted by molar-refractivity contribution is 0.413. The Labute approximate surface area is 197 Å². The van der Waals surface area contributed by atoms with E-state index in [1.54, 1.807) is 25.5 Å². The van der Waals surface area contributed by atoms with Gasteiger partial charge < -0.3 is 16.0 Å². The SMILES string of the molecule is CN=C(N=CN)c1ccc(Cl)cc1-c1nc2cc(-c3cnc(N)nc3)ccc2n1C(C)(C)C. The van der Waals surface area contributed by atoms with Crippen LogP contribution in [0.4, 0.5) is 5.95 Å². The average molecular weight is 461 g/mol. The molecule has 0 atom stereocenters. The standard InChI is InChI=1S/C24H25ClN8/c1-24(2,3)33-20-8-5-14(15-11-29-23(27)30-12-15)9-19(20)32-22(33)18-10-16(25)6-7-17(18)21(28-4)31-13-26/h5-13H,1-4H3,(H2,26,28,31)(H2,27,29,30). The third kappa shape index (κ3) is 4.29. The van der Waals surface area contributed by atoms with E-state index in [-0.39, 0.29) is 11.5 Å². The van der Waals surface area contributed by atoms with E-state index in [0.717, 1.165) is 39.1 Å². The van der Waals surface area contributed by atoms with E-state index in [0.29, 0.717) is 10.9 Å². The van der Waals surface area contributed by atoms with Crippen molar-refractivity contribution in [3.8, 4) is 22.5 Å². The van der Waals surface area contributed by atoms with Gasteiger partial charge in [0.2, 0.25) is 5.95 Å². The molecule has 168 valence electrons. The van der Waals surface area contributed by atoms with Crippen LogP contribution in [0.3, 0.4) is 0 Å². The maximum atomic E-state index is 6.41. The van der Waals surface area contributed by atoms with Gasteiger partial charge in [0.1, 0.15) is 5.82 Å². The Morgan fingerprint density at radius 1 is 1.06 bits per heavy atom. The van der Waals surface area contributed by atoms with E-state index in [9.17, 15) is 0 Å². The van der Waals surface area contributed by atoms with Gasteiger partial charge in [-0.25, -0.2) is 19.9 Å². The number of rotatable bonds is 3. The number of aromatic nitrogens is 4. The number of hydrogen-bond donors (Lipinski definition) is 2. The minimum absolute atomic E-state index is 0.237. The van der Waals surface area contributed by atoms with Gasteiger partial charge in [0.25, 0.3) is 0 Å². The van der Waals surface area contributed by atoms with Crippen molar-refractivity contribution >= 4 is 40.8 Å². The highest BCUT2D eigenvalue weighted by atomic mass is 35.5. The average Bonchev–Trinajstić information content (AvgIpc) is 3.17. The van der Waals surface area contributed by atoms with Crippen LogP contribution in [0.15, 0.2) is 58.8 Å². The molecule has 0 fully saturated rings. The second-order valence-electron chi connectivity index (χ2n) is 8.49. The van der Waals surface area contributed by atoms with Crippen molar-refractivity contribution in [3.63, 3.8) is 0 Å². The largest absolute Gasteiger partial charge is 0.390 e. The quantitative estimate of drug-likeness (QED) is 0.344. The lowest BCUT2D eigenvalue weighted by atomic mass is 10.0. The number of benzene rings is 2. The highest BCUT2D eigenvalue weighted by molar-refractivity contribution is 6.31. The normalized spacial score (nSPS) is 12.7. The molecule has 0 aliphatic rings. The molecule has 2 aromatic heterocycles. The first-order valence-electron chi connectivity index (χ1n) is 10.3. The topological polar surface area (TPSA) is 120 Å². The molecule has 0 saturated carbocycles. The van der Waals surface area contributed by atoms with Crippen molar-refractivity contribution in [1.82, 2.24) is 19.5 Å². The number of halogens is 1. The maximum Gasteiger partial charge on any atom is 0.219 e. The van der Waals surface area contributed by atoms with E-state index in [2.05, 4.69) is 51.4 Å². The summed E-state index contributed by atoms with van der Waals surface area (Å²) in [5, 5.41) is 0.591. The highest BCUT2D eigenvalue weighted by Gasteiger charge is 2.25. The van der Waals surface area contributed by atoms with E-state index in [1.807, 2.05) is 24.3 Å². The number of nitrogens with two attached hydrogens (primary N) is 2. The van der Waals surface area contributed by atoms with Crippen LogP contribution in [0.2, 0.25) is 5.02 Å². The van der Waals surface area contributed by atoms with Gasteiger partial charge in [-0.15, -0.1) is 0 Å². The Balaban J connectivity index is 2.00. The number of nitrogens with zero attached hydrogens (tertiary/aromatic N) is 6. The summed E-state index contributed by atoms with van der Waals surface area (Å²) in [4.78, 5) is 21.8. The summed E-state index contributed by atoms with van der Waals surface area (Å²) in [7, 11) is 1.68. The van der Waals surface area contributed by atoms with Crippen LogP contribution in [0.1, 0.15) is 26.3 Å². The molecule has 33 heavy (non-hydrogen) atoms. The van der Waals surface area contributed by atoms with Gasteiger partial charge in [0.05, 0.1) is 17.4 Å². The molecule has 0 bridgehead atoms. The van der Waals surface area contributed by atoms with Gasteiger partial charge in [-0.2, -0.15) is 0 Å². The van der Waals surface area contributed by atoms with Crippen molar-refractivity contribution in [1.29, 1.82) is 0 Å². The van der Waals surface area contributed by atoms with Gasteiger partial charge >= 0.3 is 0 Å². The van der Waals surface area contributed by atoms with E-state index >= 15 is 0 Å². The molecule has 0 saturated heterocycles. The Morgan fingerprint density at radius 3 is 2.42 bits per heavy atom. The second kappa shape index (κ2) is 8.63. The molecule has 9 heteroatoms. The Bertz CT molecular complexity index is 1380. The van der Waals surface area contributed by atoms with Crippen molar-refractivity contribution in [3.05, 3.63) is 59.4 Å². The van der Waals surface area contributed by atoms with Crippen LogP contribution >= 0.6 is 11.6 Å². The molecule has 0 spiro atoms. The van der Waals surface area contributed by atoms with Crippen LogP contribution in [0.5, 0.6) is 0 Å². The van der Waals surface area contributed by atoms with Crippen LogP contribution in [0, 0.1) is 0 Å². The molecular formula is C24H25ClN8. The molecule has 0 unspecified atom stereocenters. The third-order valence-electron chi connectivity index (χ3n) is 5.20. The monoisotopic (exact) mass is 460 g/mol.